The fraction of sp³-hybridized carbons (Fsp3) is 0.333. The highest BCUT2D eigenvalue weighted by Crippen LogP contribution is 2.43. The van der Waals surface area contributed by atoms with Crippen LogP contribution in [0.3, 0.4) is 0 Å². The van der Waals surface area contributed by atoms with Crippen LogP contribution < -0.4 is 14.2 Å². The van der Waals surface area contributed by atoms with Crippen LogP contribution in [0.25, 0.3) is 21.5 Å². The molecule has 1 heterocycles. The maximum Gasteiger partial charge on any atom is 0.199 e. The molecule has 1 fully saturated rings. The highest BCUT2D eigenvalue weighted by Gasteiger charge is 2.18. The van der Waals surface area contributed by atoms with Gasteiger partial charge in [0.25, 0.3) is 0 Å². The Morgan fingerprint density at radius 1 is 0.840 bits per heavy atom. The number of ether oxygens (including phenoxy) is 4. The van der Waals surface area contributed by atoms with Crippen molar-refractivity contribution >= 4 is 21.5 Å². The standard InChI is InChI=1S/C21H22O4/c1-22-20-15-7-3-4-8-16(15)21(23-2)18-13-14(10-11-17(18)20)25-19-9-5-6-12-24-19/h3-4,7-8,10-11,13,19H,5-6,9,12H2,1-2H3. The molecule has 4 rings (SSSR count). The van der Waals surface area contributed by atoms with E-state index in [1.165, 1.54) is 0 Å². The van der Waals surface area contributed by atoms with Gasteiger partial charge in [0.2, 0.25) is 0 Å². The predicted octanol–water partition coefficient (Wildman–Crippen LogP) is 4.92. The first-order chi connectivity index (χ1) is 12.3. The van der Waals surface area contributed by atoms with E-state index >= 15 is 0 Å². The van der Waals surface area contributed by atoms with E-state index in [9.17, 15) is 0 Å². The Hall–Kier alpha value is -2.46. The van der Waals surface area contributed by atoms with E-state index in [4.69, 9.17) is 18.9 Å². The Kier molecular flexibility index (Phi) is 4.36. The Bertz CT molecular complexity index is 897. The van der Waals surface area contributed by atoms with Crippen LogP contribution in [-0.2, 0) is 4.74 Å². The van der Waals surface area contributed by atoms with Gasteiger partial charge in [0.15, 0.2) is 6.29 Å². The van der Waals surface area contributed by atoms with Crippen molar-refractivity contribution in [3.05, 3.63) is 42.5 Å². The van der Waals surface area contributed by atoms with Crippen molar-refractivity contribution in [1.82, 2.24) is 0 Å². The number of fused-ring (bicyclic) bond motifs is 2. The Morgan fingerprint density at radius 2 is 1.52 bits per heavy atom. The molecule has 0 aromatic heterocycles. The van der Waals surface area contributed by atoms with Crippen LogP contribution in [0.1, 0.15) is 19.3 Å². The molecule has 4 nitrogen and oxygen atoms in total. The predicted molar refractivity (Wildman–Crippen MR) is 98.8 cm³/mol. The van der Waals surface area contributed by atoms with Gasteiger partial charge in [-0.15, -0.1) is 0 Å². The number of hydrogen-bond acceptors (Lipinski definition) is 4. The second-order valence-electron chi connectivity index (χ2n) is 6.23. The zero-order valence-corrected chi connectivity index (χ0v) is 14.6. The Balaban J connectivity index is 1.86. The van der Waals surface area contributed by atoms with Gasteiger partial charge in [-0.1, -0.05) is 24.3 Å². The number of benzene rings is 3. The van der Waals surface area contributed by atoms with E-state index < -0.39 is 0 Å². The van der Waals surface area contributed by atoms with E-state index in [-0.39, 0.29) is 6.29 Å². The molecule has 0 saturated carbocycles. The molecule has 3 aromatic rings. The molecule has 0 aliphatic carbocycles. The third kappa shape index (κ3) is 2.87. The summed E-state index contributed by atoms with van der Waals surface area (Å²) in [4.78, 5) is 0. The van der Waals surface area contributed by atoms with Gasteiger partial charge in [-0.3, -0.25) is 0 Å². The van der Waals surface area contributed by atoms with Crippen LogP contribution in [-0.4, -0.2) is 27.1 Å². The van der Waals surface area contributed by atoms with Crippen LogP contribution in [0.15, 0.2) is 42.5 Å². The van der Waals surface area contributed by atoms with Crippen molar-refractivity contribution in [3.8, 4) is 17.2 Å². The SMILES string of the molecule is COc1c2ccccc2c(OC)c2cc(OC3CCCCO3)ccc12. The summed E-state index contributed by atoms with van der Waals surface area (Å²) in [5, 5.41) is 4.06. The molecule has 0 N–H and O–H groups in total. The molecule has 0 radical (unpaired) electrons. The smallest absolute Gasteiger partial charge is 0.199 e. The number of hydrogen-bond donors (Lipinski definition) is 0. The summed E-state index contributed by atoms with van der Waals surface area (Å²) in [5.41, 5.74) is 0. The summed E-state index contributed by atoms with van der Waals surface area (Å²) in [6.45, 7) is 0.764. The third-order valence-corrected chi connectivity index (χ3v) is 4.71. The molecule has 1 atom stereocenters. The molecular weight excluding hydrogens is 316 g/mol. The fourth-order valence-electron chi connectivity index (χ4n) is 3.55. The fourth-order valence-corrected chi connectivity index (χ4v) is 3.55. The third-order valence-electron chi connectivity index (χ3n) is 4.71. The lowest BCUT2D eigenvalue weighted by atomic mass is 10.0. The highest BCUT2D eigenvalue weighted by molar-refractivity contribution is 6.11. The number of rotatable bonds is 4. The van der Waals surface area contributed by atoms with Gasteiger partial charge in [0, 0.05) is 28.0 Å². The van der Waals surface area contributed by atoms with Crippen molar-refractivity contribution in [3.63, 3.8) is 0 Å². The summed E-state index contributed by atoms with van der Waals surface area (Å²) in [7, 11) is 3.40. The van der Waals surface area contributed by atoms with Gasteiger partial charge in [0.05, 0.1) is 20.8 Å². The molecule has 0 spiro atoms. The maximum absolute atomic E-state index is 6.03. The van der Waals surface area contributed by atoms with E-state index in [0.717, 1.165) is 64.7 Å². The van der Waals surface area contributed by atoms with Gasteiger partial charge in [0.1, 0.15) is 17.2 Å². The molecule has 25 heavy (non-hydrogen) atoms. The number of methoxy groups -OCH3 is 2. The normalized spacial score (nSPS) is 17.6. The molecule has 1 aliphatic rings. The zero-order chi connectivity index (χ0) is 17.2. The van der Waals surface area contributed by atoms with Crippen molar-refractivity contribution < 1.29 is 18.9 Å². The van der Waals surface area contributed by atoms with Crippen LogP contribution in [0.2, 0.25) is 0 Å². The van der Waals surface area contributed by atoms with Crippen LogP contribution >= 0.6 is 0 Å². The Labute approximate surface area is 147 Å². The summed E-state index contributed by atoms with van der Waals surface area (Å²) in [5.74, 6) is 2.48. The van der Waals surface area contributed by atoms with Crippen LogP contribution in [0.4, 0.5) is 0 Å². The summed E-state index contributed by atoms with van der Waals surface area (Å²) in [6, 6.07) is 14.1. The summed E-state index contributed by atoms with van der Waals surface area (Å²) < 4.78 is 23.2. The molecule has 3 aromatic carbocycles. The first-order valence-electron chi connectivity index (χ1n) is 8.66. The average Bonchev–Trinajstić information content (AvgIpc) is 2.67. The monoisotopic (exact) mass is 338 g/mol. The molecule has 0 bridgehead atoms. The molecule has 1 aliphatic heterocycles. The Morgan fingerprint density at radius 3 is 2.16 bits per heavy atom. The van der Waals surface area contributed by atoms with Gasteiger partial charge < -0.3 is 18.9 Å². The first kappa shape index (κ1) is 16.0. The van der Waals surface area contributed by atoms with Crippen molar-refractivity contribution in [2.75, 3.05) is 20.8 Å². The molecule has 130 valence electrons. The minimum absolute atomic E-state index is 0.167. The van der Waals surface area contributed by atoms with Crippen molar-refractivity contribution in [1.29, 1.82) is 0 Å². The molecule has 1 saturated heterocycles. The van der Waals surface area contributed by atoms with Crippen molar-refractivity contribution in [2.24, 2.45) is 0 Å². The first-order valence-corrected chi connectivity index (χ1v) is 8.66. The lowest BCUT2D eigenvalue weighted by Crippen LogP contribution is -2.24. The lowest BCUT2D eigenvalue weighted by Gasteiger charge is -2.24. The van der Waals surface area contributed by atoms with E-state index in [0.29, 0.717) is 0 Å². The molecule has 1 unspecified atom stereocenters. The molecule has 4 heteroatoms. The van der Waals surface area contributed by atoms with Gasteiger partial charge in [-0.2, -0.15) is 0 Å². The largest absolute Gasteiger partial charge is 0.495 e. The summed E-state index contributed by atoms with van der Waals surface area (Å²) >= 11 is 0. The van der Waals surface area contributed by atoms with Gasteiger partial charge in [-0.05, 0) is 31.0 Å². The van der Waals surface area contributed by atoms with Gasteiger partial charge >= 0.3 is 0 Å². The second-order valence-corrected chi connectivity index (χ2v) is 6.23. The molecular formula is C21H22O4. The minimum Gasteiger partial charge on any atom is -0.495 e. The average molecular weight is 338 g/mol. The molecule has 0 amide bonds. The zero-order valence-electron chi connectivity index (χ0n) is 14.6. The van der Waals surface area contributed by atoms with E-state index in [1.54, 1.807) is 14.2 Å². The van der Waals surface area contributed by atoms with Gasteiger partial charge in [-0.25, -0.2) is 0 Å². The quantitative estimate of drug-likeness (QED) is 0.633. The van der Waals surface area contributed by atoms with Crippen LogP contribution in [0, 0.1) is 0 Å². The summed E-state index contributed by atoms with van der Waals surface area (Å²) in [6.07, 6.45) is 3.00. The van der Waals surface area contributed by atoms with Crippen LogP contribution in [0.5, 0.6) is 17.2 Å². The lowest BCUT2D eigenvalue weighted by molar-refractivity contribution is -0.105. The second kappa shape index (κ2) is 6.81. The highest BCUT2D eigenvalue weighted by atomic mass is 16.7. The van der Waals surface area contributed by atoms with Crippen molar-refractivity contribution in [2.45, 2.75) is 25.6 Å². The topological polar surface area (TPSA) is 36.9 Å². The minimum atomic E-state index is -0.167. The maximum atomic E-state index is 6.03. The van der Waals surface area contributed by atoms with E-state index in [2.05, 4.69) is 6.07 Å². The van der Waals surface area contributed by atoms with E-state index in [1.807, 2.05) is 36.4 Å².